The fourth-order valence-electron chi connectivity index (χ4n) is 1.84. The van der Waals surface area contributed by atoms with Crippen molar-refractivity contribution < 1.29 is 0 Å². The van der Waals surface area contributed by atoms with Crippen LogP contribution < -0.4 is 11.1 Å². The molecular weight excluding hydrogens is 136 g/mol. The first kappa shape index (κ1) is 9.01. The van der Waals surface area contributed by atoms with Crippen molar-refractivity contribution in [2.75, 3.05) is 0 Å². The van der Waals surface area contributed by atoms with Crippen molar-refractivity contribution in [3.8, 4) is 0 Å². The summed E-state index contributed by atoms with van der Waals surface area (Å²) in [6.45, 7) is 4.30. The summed E-state index contributed by atoms with van der Waals surface area (Å²) in [4.78, 5) is 0. The topological polar surface area (TPSA) is 38.0 Å². The minimum Gasteiger partial charge on any atom is -0.316 e. The predicted molar refractivity (Wildman–Crippen MR) is 48.2 cm³/mol. The largest absolute Gasteiger partial charge is 0.316 e. The van der Waals surface area contributed by atoms with Gasteiger partial charge in [-0.1, -0.05) is 12.8 Å². The lowest BCUT2D eigenvalue weighted by Gasteiger charge is -2.22. The van der Waals surface area contributed by atoms with Gasteiger partial charge in [-0.3, -0.25) is 5.32 Å². The number of nitrogens with one attached hydrogen (secondary N) is 1. The van der Waals surface area contributed by atoms with Gasteiger partial charge in [0, 0.05) is 6.04 Å². The Morgan fingerprint density at radius 3 is 2.27 bits per heavy atom. The van der Waals surface area contributed by atoms with E-state index in [9.17, 15) is 0 Å². The van der Waals surface area contributed by atoms with Gasteiger partial charge in [0.2, 0.25) is 0 Å². The molecule has 0 aromatic carbocycles. The van der Waals surface area contributed by atoms with Gasteiger partial charge in [0.25, 0.3) is 0 Å². The van der Waals surface area contributed by atoms with Crippen molar-refractivity contribution in [3.05, 3.63) is 0 Å². The highest BCUT2D eigenvalue weighted by molar-refractivity contribution is 4.77. The van der Waals surface area contributed by atoms with E-state index in [1.807, 2.05) is 0 Å². The zero-order chi connectivity index (χ0) is 8.27. The van der Waals surface area contributed by atoms with E-state index in [0.717, 1.165) is 5.92 Å². The Morgan fingerprint density at radius 1 is 1.27 bits per heavy atom. The molecule has 1 saturated carbocycles. The van der Waals surface area contributed by atoms with Crippen molar-refractivity contribution in [3.63, 3.8) is 0 Å². The van der Waals surface area contributed by atoms with Gasteiger partial charge in [0.15, 0.2) is 0 Å². The van der Waals surface area contributed by atoms with Crippen molar-refractivity contribution >= 4 is 0 Å². The first-order valence-corrected chi connectivity index (χ1v) is 4.72. The van der Waals surface area contributed by atoms with Crippen LogP contribution in [0.1, 0.15) is 39.5 Å². The van der Waals surface area contributed by atoms with Crippen LogP contribution in [0.4, 0.5) is 0 Å². The average molecular weight is 156 g/mol. The first-order chi connectivity index (χ1) is 5.20. The van der Waals surface area contributed by atoms with Gasteiger partial charge in [-0.2, -0.15) is 0 Å². The van der Waals surface area contributed by atoms with Crippen molar-refractivity contribution in [2.24, 2.45) is 11.7 Å². The Labute approximate surface area is 69.5 Å². The Hall–Kier alpha value is -0.0800. The third-order valence-electron chi connectivity index (χ3n) is 2.43. The standard InChI is InChI=1S/C9H20N2/c1-7(2)11-9(10)8-5-3-4-6-8/h7-9,11H,3-6,10H2,1-2H3. The lowest BCUT2D eigenvalue weighted by atomic mass is 10.0. The number of rotatable bonds is 3. The molecule has 2 heteroatoms. The van der Waals surface area contributed by atoms with Crippen LogP contribution in [0.15, 0.2) is 0 Å². The zero-order valence-corrected chi connectivity index (χ0v) is 7.64. The Kier molecular flexibility index (Phi) is 3.34. The summed E-state index contributed by atoms with van der Waals surface area (Å²) >= 11 is 0. The molecule has 2 nitrogen and oxygen atoms in total. The molecule has 0 aromatic heterocycles. The molecule has 1 unspecified atom stereocenters. The van der Waals surface area contributed by atoms with Crippen molar-refractivity contribution in [1.82, 2.24) is 5.32 Å². The van der Waals surface area contributed by atoms with E-state index in [4.69, 9.17) is 5.73 Å². The van der Waals surface area contributed by atoms with E-state index in [2.05, 4.69) is 19.2 Å². The normalized spacial score (nSPS) is 22.9. The highest BCUT2D eigenvalue weighted by atomic mass is 15.0. The second-order valence-electron chi connectivity index (χ2n) is 3.89. The van der Waals surface area contributed by atoms with Crippen LogP contribution >= 0.6 is 0 Å². The molecule has 1 aliphatic rings. The van der Waals surface area contributed by atoms with E-state index in [0.29, 0.717) is 6.04 Å². The van der Waals surface area contributed by atoms with E-state index in [1.165, 1.54) is 25.7 Å². The molecular formula is C9H20N2. The summed E-state index contributed by atoms with van der Waals surface area (Å²) in [6.07, 6.45) is 5.62. The van der Waals surface area contributed by atoms with E-state index in [-0.39, 0.29) is 6.17 Å². The smallest absolute Gasteiger partial charge is 0.0577 e. The fraction of sp³-hybridized carbons (Fsp3) is 1.00. The minimum atomic E-state index is 0.234. The van der Waals surface area contributed by atoms with Gasteiger partial charge in [-0.05, 0) is 32.6 Å². The van der Waals surface area contributed by atoms with Crippen LogP contribution in [0.25, 0.3) is 0 Å². The highest BCUT2D eigenvalue weighted by Gasteiger charge is 2.21. The van der Waals surface area contributed by atoms with E-state index < -0.39 is 0 Å². The van der Waals surface area contributed by atoms with Crippen LogP contribution in [0.3, 0.4) is 0 Å². The summed E-state index contributed by atoms with van der Waals surface area (Å²) in [5.74, 6) is 0.734. The lowest BCUT2D eigenvalue weighted by molar-refractivity contribution is 0.344. The van der Waals surface area contributed by atoms with Crippen molar-refractivity contribution in [2.45, 2.75) is 51.7 Å². The molecule has 0 aliphatic heterocycles. The summed E-state index contributed by atoms with van der Waals surface area (Å²) in [7, 11) is 0. The van der Waals surface area contributed by atoms with Crippen LogP contribution in [0.2, 0.25) is 0 Å². The maximum atomic E-state index is 5.97. The summed E-state index contributed by atoms with van der Waals surface area (Å²) in [5.41, 5.74) is 5.97. The Morgan fingerprint density at radius 2 is 1.82 bits per heavy atom. The maximum Gasteiger partial charge on any atom is 0.0577 e. The number of hydrogen-bond acceptors (Lipinski definition) is 2. The molecule has 0 amide bonds. The molecule has 0 spiro atoms. The summed E-state index contributed by atoms with van der Waals surface area (Å²) in [5, 5.41) is 3.36. The third-order valence-corrected chi connectivity index (χ3v) is 2.43. The SMILES string of the molecule is CC(C)NC(N)C1CCCC1. The summed E-state index contributed by atoms with van der Waals surface area (Å²) in [6, 6.07) is 0.519. The molecule has 0 bridgehead atoms. The Bertz CT molecular complexity index is 106. The molecule has 1 aliphatic carbocycles. The molecule has 0 saturated heterocycles. The van der Waals surface area contributed by atoms with Crippen LogP contribution in [0.5, 0.6) is 0 Å². The van der Waals surface area contributed by atoms with Gasteiger partial charge >= 0.3 is 0 Å². The molecule has 1 atom stereocenters. The van der Waals surface area contributed by atoms with Gasteiger partial charge in [-0.15, -0.1) is 0 Å². The molecule has 3 N–H and O–H groups in total. The van der Waals surface area contributed by atoms with Gasteiger partial charge in [-0.25, -0.2) is 0 Å². The number of nitrogens with two attached hydrogens (primary N) is 1. The third kappa shape index (κ3) is 2.80. The highest BCUT2D eigenvalue weighted by Crippen LogP contribution is 2.25. The van der Waals surface area contributed by atoms with E-state index in [1.54, 1.807) is 0 Å². The second-order valence-corrected chi connectivity index (χ2v) is 3.89. The molecule has 66 valence electrons. The van der Waals surface area contributed by atoms with Crippen LogP contribution in [0, 0.1) is 5.92 Å². The van der Waals surface area contributed by atoms with Crippen LogP contribution in [-0.4, -0.2) is 12.2 Å². The zero-order valence-electron chi connectivity index (χ0n) is 7.64. The first-order valence-electron chi connectivity index (χ1n) is 4.72. The quantitative estimate of drug-likeness (QED) is 0.607. The van der Waals surface area contributed by atoms with Crippen molar-refractivity contribution in [1.29, 1.82) is 0 Å². The summed E-state index contributed by atoms with van der Waals surface area (Å²) < 4.78 is 0. The monoisotopic (exact) mass is 156 g/mol. The average Bonchev–Trinajstić information content (AvgIpc) is 2.35. The maximum absolute atomic E-state index is 5.97. The molecule has 1 fully saturated rings. The molecule has 0 heterocycles. The fourth-order valence-corrected chi connectivity index (χ4v) is 1.84. The predicted octanol–water partition coefficient (Wildman–Crippen LogP) is 1.46. The lowest BCUT2D eigenvalue weighted by Crippen LogP contribution is -2.46. The molecule has 0 aromatic rings. The molecule has 1 rings (SSSR count). The molecule has 11 heavy (non-hydrogen) atoms. The van der Waals surface area contributed by atoms with Gasteiger partial charge in [0.05, 0.1) is 6.17 Å². The Balaban J connectivity index is 2.22. The number of hydrogen-bond donors (Lipinski definition) is 2. The van der Waals surface area contributed by atoms with Crippen LogP contribution in [-0.2, 0) is 0 Å². The molecule has 0 radical (unpaired) electrons. The van der Waals surface area contributed by atoms with Gasteiger partial charge in [0.1, 0.15) is 0 Å². The van der Waals surface area contributed by atoms with Gasteiger partial charge < -0.3 is 5.73 Å². The minimum absolute atomic E-state index is 0.234. The second kappa shape index (κ2) is 4.07. The van der Waals surface area contributed by atoms with E-state index >= 15 is 0 Å².